The lowest BCUT2D eigenvalue weighted by Crippen LogP contribution is -2.46. The molecule has 1 fully saturated rings. The second kappa shape index (κ2) is 7.37. The molecule has 4 heteroatoms. The molecule has 2 atom stereocenters. The summed E-state index contributed by atoms with van der Waals surface area (Å²) in [5, 5.41) is 3.22. The van der Waals surface area contributed by atoms with Crippen molar-refractivity contribution in [3.8, 4) is 0 Å². The predicted molar refractivity (Wildman–Crippen MR) is 73.0 cm³/mol. The number of nitrogens with one attached hydrogen (secondary N) is 1. The molecule has 0 radical (unpaired) electrons. The summed E-state index contributed by atoms with van der Waals surface area (Å²) in [5.41, 5.74) is 0. The van der Waals surface area contributed by atoms with Crippen LogP contribution in [0.4, 0.5) is 0 Å². The Hall–Kier alpha value is -0.0900. The first-order chi connectivity index (χ1) is 8.11. The van der Waals surface area contributed by atoms with Crippen LogP contribution in [0.3, 0.4) is 0 Å². The molecule has 1 rings (SSSR count). The van der Waals surface area contributed by atoms with Crippen LogP contribution in [0.1, 0.15) is 58.8 Å². The van der Waals surface area contributed by atoms with Gasteiger partial charge in [-0.3, -0.25) is 0 Å². The van der Waals surface area contributed by atoms with E-state index in [4.69, 9.17) is 0 Å². The van der Waals surface area contributed by atoms with Gasteiger partial charge in [0.25, 0.3) is 0 Å². The molecular formula is C13H27NO2S. The lowest BCUT2D eigenvalue weighted by atomic mass is 9.95. The normalized spacial score (nSPS) is 26.0. The van der Waals surface area contributed by atoms with Gasteiger partial charge in [-0.15, -0.1) is 0 Å². The molecule has 1 aliphatic carbocycles. The molecular weight excluding hydrogens is 234 g/mol. The lowest BCUT2D eigenvalue weighted by Gasteiger charge is -2.31. The Balaban J connectivity index is 2.59. The van der Waals surface area contributed by atoms with E-state index in [0.29, 0.717) is 5.75 Å². The zero-order chi connectivity index (χ0) is 12.7. The van der Waals surface area contributed by atoms with Gasteiger partial charge in [0.05, 0.1) is 11.0 Å². The Morgan fingerprint density at radius 2 is 1.82 bits per heavy atom. The summed E-state index contributed by atoms with van der Waals surface area (Å²) in [6.07, 6.45) is 7.04. The monoisotopic (exact) mass is 261 g/mol. The van der Waals surface area contributed by atoms with E-state index in [1.54, 1.807) is 0 Å². The Kier molecular flexibility index (Phi) is 6.49. The molecule has 0 saturated heterocycles. The van der Waals surface area contributed by atoms with E-state index in [-0.39, 0.29) is 11.3 Å². The van der Waals surface area contributed by atoms with Gasteiger partial charge in [0.15, 0.2) is 9.84 Å². The smallest absolute Gasteiger partial charge is 0.154 e. The molecule has 0 amide bonds. The molecule has 3 nitrogen and oxygen atoms in total. The Morgan fingerprint density at radius 1 is 1.12 bits per heavy atom. The Labute approximate surface area is 106 Å². The van der Waals surface area contributed by atoms with E-state index in [1.165, 1.54) is 6.42 Å². The highest BCUT2D eigenvalue weighted by molar-refractivity contribution is 7.92. The van der Waals surface area contributed by atoms with Crippen LogP contribution in [0.5, 0.6) is 0 Å². The van der Waals surface area contributed by atoms with E-state index in [0.717, 1.165) is 45.1 Å². The van der Waals surface area contributed by atoms with Crippen molar-refractivity contribution in [1.29, 1.82) is 0 Å². The minimum atomic E-state index is -2.89. The summed E-state index contributed by atoms with van der Waals surface area (Å²) in [4.78, 5) is 0. The highest BCUT2D eigenvalue weighted by Crippen LogP contribution is 2.25. The molecule has 0 heterocycles. The van der Waals surface area contributed by atoms with Crippen molar-refractivity contribution in [2.24, 2.45) is 0 Å². The first-order valence-corrected chi connectivity index (χ1v) is 8.78. The van der Waals surface area contributed by atoms with E-state index in [9.17, 15) is 8.42 Å². The molecule has 102 valence electrons. The maximum Gasteiger partial charge on any atom is 0.154 e. The minimum absolute atomic E-state index is 0.131. The van der Waals surface area contributed by atoms with E-state index in [1.807, 2.05) is 0 Å². The zero-order valence-corrected chi connectivity index (χ0v) is 12.1. The van der Waals surface area contributed by atoms with E-state index < -0.39 is 9.84 Å². The highest BCUT2D eigenvalue weighted by Gasteiger charge is 2.34. The van der Waals surface area contributed by atoms with Crippen molar-refractivity contribution in [1.82, 2.24) is 5.32 Å². The van der Waals surface area contributed by atoms with Gasteiger partial charge < -0.3 is 5.32 Å². The maximum atomic E-state index is 12.3. The van der Waals surface area contributed by atoms with Crippen LogP contribution in [0, 0.1) is 0 Å². The van der Waals surface area contributed by atoms with Gasteiger partial charge in [-0.2, -0.15) is 0 Å². The average Bonchev–Trinajstić information content (AvgIpc) is 2.30. The molecule has 0 aromatic carbocycles. The summed E-state index contributed by atoms with van der Waals surface area (Å²) >= 11 is 0. The SMILES string of the molecule is CCCCCS(=O)(=O)C1CCCCC1NCC. The summed E-state index contributed by atoms with van der Waals surface area (Å²) in [5.74, 6) is 0.382. The highest BCUT2D eigenvalue weighted by atomic mass is 32.2. The van der Waals surface area contributed by atoms with Crippen molar-refractivity contribution in [2.45, 2.75) is 70.1 Å². The van der Waals surface area contributed by atoms with E-state index in [2.05, 4.69) is 19.2 Å². The van der Waals surface area contributed by atoms with Gasteiger partial charge in [0.1, 0.15) is 0 Å². The minimum Gasteiger partial charge on any atom is -0.313 e. The molecule has 2 unspecified atom stereocenters. The Morgan fingerprint density at radius 3 is 2.47 bits per heavy atom. The van der Waals surface area contributed by atoms with Gasteiger partial charge in [-0.05, 0) is 25.8 Å². The van der Waals surface area contributed by atoms with Gasteiger partial charge in [0, 0.05) is 6.04 Å². The van der Waals surface area contributed by atoms with Gasteiger partial charge in [0.2, 0.25) is 0 Å². The third-order valence-corrected chi connectivity index (χ3v) is 6.01. The zero-order valence-electron chi connectivity index (χ0n) is 11.2. The quantitative estimate of drug-likeness (QED) is 0.716. The first-order valence-electron chi connectivity index (χ1n) is 7.06. The van der Waals surface area contributed by atoms with Crippen molar-refractivity contribution in [2.75, 3.05) is 12.3 Å². The summed E-state index contributed by atoms with van der Waals surface area (Å²) in [7, 11) is -2.89. The fourth-order valence-electron chi connectivity index (χ4n) is 2.73. The molecule has 1 aliphatic rings. The topological polar surface area (TPSA) is 46.2 Å². The maximum absolute atomic E-state index is 12.3. The van der Waals surface area contributed by atoms with Crippen molar-refractivity contribution in [3.05, 3.63) is 0 Å². The Bertz CT molecular complexity index is 299. The van der Waals surface area contributed by atoms with Crippen LogP contribution < -0.4 is 5.32 Å². The standard InChI is InChI=1S/C13H27NO2S/c1-3-5-8-11-17(15,16)13-10-7-6-9-12(13)14-4-2/h12-14H,3-11H2,1-2H3. The number of hydrogen-bond acceptors (Lipinski definition) is 3. The van der Waals surface area contributed by atoms with Crippen LogP contribution in [0.2, 0.25) is 0 Å². The number of rotatable bonds is 7. The van der Waals surface area contributed by atoms with Crippen LogP contribution in [-0.4, -0.2) is 32.0 Å². The summed E-state index contributed by atoms with van der Waals surface area (Å²) < 4.78 is 24.6. The molecule has 17 heavy (non-hydrogen) atoms. The molecule has 1 saturated carbocycles. The summed E-state index contributed by atoms with van der Waals surface area (Å²) in [6, 6.07) is 0.195. The van der Waals surface area contributed by atoms with Gasteiger partial charge >= 0.3 is 0 Å². The largest absolute Gasteiger partial charge is 0.313 e. The van der Waals surface area contributed by atoms with Crippen LogP contribution in [0.15, 0.2) is 0 Å². The molecule has 0 aromatic rings. The second-order valence-electron chi connectivity index (χ2n) is 5.06. The van der Waals surface area contributed by atoms with Crippen LogP contribution >= 0.6 is 0 Å². The van der Waals surface area contributed by atoms with Crippen LogP contribution in [-0.2, 0) is 9.84 Å². The second-order valence-corrected chi connectivity index (χ2v) is 7.40. The molecule has 0 spiro atoms. The van der Waals surface area contributed by atoms with Crippen LogP contribution in [0.25, 0.3) is 0 Å². The lowest BCUT2D eigenvalue weighted by molar-refractivity contribution is 0.376. The number of unbranched alkanes of at least 4 members (excludes halogenated alkanes) is 2. The number of sulfone groups is 1. The molecule has 0 aliphatic heterocycles. The van der Waals surface area contributed by atoms with Gasteiger partial charge in [-0.1, -0.05) is 39.5 Å². The molecule has 1 N–H and O–H groups in total. The number of hydrogen-bond donors (Lipinski definition) is 1. The predicted octanol–water partition coefficient (Wildman–Crippen LogP) is 2.51. The van der Waals surface area contributed by atoms with Gasteiger partial charge in [-0.25, -0.2) is 8.42 Å². The fourth-order valence-corrected chi connectivity index (χ4v) is 4.89. The third-order valence-electron chi connectivity index (χ3n) is 3.66. The summed E-state index contributed by atoms with van der Waals surface area (Å²) in [6.45, 7) is 5.02. The fraction of sp³-hybridized carbons (Fsp3) is 1.00. The van der Waals surface area contributed by atoms with Crippen molar-refractivity contribution >= 4 is 9.84 Å². The van der Waals surface area contributed by atoms with E-state index >= 15 is 0 Å². The van der Waals surface area contributed by atoms with Crippen molar-refractivity contribution < 1.29 is 8.42 Å². The third kappa shape index (κ3) is 4.59. The molecule has 0 bridgehead atoms. The average molecular weight is 261 g/mol. The first kappa shape index (κ1) is 15.0. The van der Waals surface area contributed by atoms with Crippen molar-refractivity contribution in [3.63, 3.8) is 0 Å². The molecule has 0 aromatic heterocycles.